The molecule has 0 fully saturated rings. The Labute approximate surface area is 339 Å². The molecule has 6 heteroatoms. The summed E-state index contributed by atoms with van der Waals surface area (Å²) in [6, 6.07) is 40.3. The second-order valence-corrected chi connectivity index (χ2v) is 15.0. The Balaban J connectivity index is 0.000000371. The van der Waals surface area contributed by atoms with Crippen LogP contribution in [0, 0.1) is 0 Å². The van der Waals surface area contributed by atoms with Crippen molar-refractivity contribution in [2.24, 2.45) is 0 Å². The van der Waals surface area contributed by atoms with E-state index in [2.05, 4.69) is 27.7 Å². The van der Waals surface area contributed by atoms with Crippen LogP contribution >= 0.6 is 0 Å². The molecule has 0 radical (unpaired) electrons. The van der Waals surface area contributed by atoms with Crippen molar-refractivity contribution in [1.29, 1.82) is 0 Å². The van der Waals surface area contributed by atoms with Gasteiger partial charge < -0.3 is 55.0 Å². The molecule has 0 amide bonds. The summed E-state index contributed by atoms with van der Waals surface area (Å²) in [5.74, 6) is 0. The molecule has 0 bridgehead atoms. The molecule has 4 rings (SSSR count). The molecule has 0 aliphatic carbocycles. The van der Waals surface area contributed by atoms with Crippen molar-refractivity contribution in [3.8, 4) is 0 Å². The van der Waals surface area contributed by atoms with E-state index in [0.29, 0.717) is 0 Å². The standard InChI is InChI=1S/C16H36N.2C14H14S2.Ni/c1-5-9-13-17(14-10-6-2,15-11-7-3)16-12-8-4;2*15-13(11-7-3-1-4-8-11)14(16)12-9-5-2-6-10-12;/h5-16H2,1-4H3;2*1-10,13-16H;/q+1;;;/p-4. The molecule has 4 aromatic carbocycles. The third-order valence-electron chi connectivity index (χ3n) is 9.01. The van der Waals surface area contributed by atoms with E-state index in [1.165, 1.54) is 82.0 Å². The summed E-state index contributed by atoms with van der Waals surface area (Å²) in [5, 5.41) is -0.172. The van der Waals surface area contributed by atoms with Crippen LogP contribution in [0.2, 0.25) is 0 Å². The van der Waals surface area contributed by atoms with Crippen molar-refractivity contribution in [2.45, 2.75) is 100 Å². The number of nitrogens with zero attached hydrogens (tertiary/aromatic N) is 1. The maximum atomic E-state index is 5.50. The molecule has 0 saturated heterocycles. The molecule has 0 spiro atoms. The summed E-state index contributed by atoms with van der Waals surface area (Å²) in [7, 11) is 0. The van der Waals surface area contributed by atoms with E-state index in [4.69, 9.17) is 50.5 Å². The van der Waals surface area contributed by atoms with Crippen molar-refractivity contribution < 1.29 is 21.0 Å². The molecule has 4 aromatic rings. The number of rotatable bonds is 18. The van der Waals surface area contributed by atoms with Crippen LogP contribution in [0.4, 0.5) is 0 Å². The number of benzene rings is 4. The minimum atomic E-state index is -0.0430. The first-order chi connectivity index (χ1) is 23.8. The summed E-state index contributed by atoms with van der Waals surface area (Å²) < 4.78 is 1.42. The second-order valence-electron chi connectivity index (χ2n) is 13.0. The van der Waals surface area contributed by atoms with Crippen LogP contribution in [0.5, 0.6) is 0 Å². The number of quaternary nitrogens is 1. The van der Waals surface area contributed by atoms with Gasteiger partial charge in [0.2, 0.25) is 0 Å². The van der Waals surface area contributed by atoms with Gasteiger partial charge in [0.1, 0.15) is 0 Å². The number of hydrogen-bond acceptors (Lipinski definition) is 4. The van der Waals surface area contributed by atoms with Crippen LogP contribution in [0.3, 0.4) is 0 Å². The number of hydrogen-bond donors (Lipinski definition) is 0. The van der Waals surface area contributed by atoms with Crippen LogP contribution in [0.1, 0.15) is 122 Å². The molecular weight excluding hydrogens is 729 g/mol. The SMILES string of the molecule is CCCC[N+](CCCC)(CCCC)CCCC.[Ni].[S-]C(c1ccccc1)C([S-])c1ccccc1.[S-]C(c1ccccc1)C([S-])c1ccccc1. The molecule has 50 heavy (non-hydrogen) atoms. The van der Waals surface area contributed by atoms with Gasteiger partial charge in [0.25, 0.3) is 0 Å². The average molecular weight is 790 g/mol. The Kier molecular flexibility index (Phi) is 26.4. The molecule has 0 N–H and O–H groups in total. The molecule has 278 valence electrons. The predicted molar refractivity (Wildman–Crippen MR) is 226 cm³/mol. The summed E-state index contributed by atoms with van der Waals surface area (Å²) >= 11 is 22.0. The van der Waals surface area contributed by atoms with E-state index >= 15 is 0 Å². The maximum Gasteiger partial charge on any atom is 0.0786 e. The van der Waals surface area contributed by atoms with Gasteiger partial charge in [0.15, 0.2) is 0 Å². The van der Waals surface area contributed by atoms with Gasteiger partial charge in [-0.05, 0) is 25.7 Å². The van der Waals surface area contributed by atoms with Crippen LogP contribution in [-0.4, -0.2) is 30.7 Å². The Bertz CT molecular complexity index is 1120. The van der Waals surface area contributed by atoms with E-state index in [1.54, 1.807) is 0 Å². The summed E-state index contributed by atoms with van der Waals surface area (Å²) in [6.45, 7) is 15.0. The summed E-state index contributed by atoms with van der Waals surface area (Å²) in [6.07, 6.45) is 11.1. The van der Waals surface area contributed by atoms with Crippen molar-refractivity contribution >= 4 is 50.5 Å². The fraction of sp³-hybridized carbons (Fsp3) is 0.455. The Morgan fingerprint density at radius 3 is 0.700 bits per heavy atom. The van der Waals surface area contributed by atoms with Crippen molar-refractivity contribution in [3.05, 3.63) is 144 Å². The van der Waals surface area contributed by atoms with Gasteiger partial charge in [-0.2, -0.15) is 21.0 Å². The van der Waals surface area contributed by atoms with Crippen LogP contribution in [-0.2, 0) is 67.0 Å². The van der Waals surface area contributed by atoms with Crippen molar-refractivity contribution in [3.63, 3.8) is 0 Å². The third-order valence-corrected chi connectivity index (χ3v) is 11.5. The molecule has 1 nitrogen and oxygen atoms in total. The summed E-state index contributed by atoms with van der Waals surface area (Å²) in [4.78, 5) is 0. The van der Waals surface area contributed by atoms with Crippen LogP contribution in [0.25, 0.3) is 0 Å². The third kappa shape index (κ3) is 17.5. The minimum Gasteiger partial charge on any atom is -0.786 e. The molecule has 0 aliphatic heterocycles. The van der Waals surface area contributed by atoms with Crippen molar-refractivity contribution in [1.82, 2.24) is 0 Å². The second kappa shape index (κ2) is 28.3. The van der Waals surface area contributed by atoms with Crippen LogP contribution in [0.15, 0.2) is 121 Å². The first-order valence-corrected chi connectivity index (χ1v) is 20.4. The van der Waals surface area contributed by atoms with E-state index in [0.717, 1.165) is 22.3 Å². The molecule has 0 aliphatic rings. The van der Waals surface area contributed by atoms with Gasteiger partial charge in [-0.3, -0.25) is 0 Å². The minimum absolute atomic E-state index is 0. The fourth-order valence-electron chi connectivity index (χ4n) is 5.91. The van der Waals surface area contributed by atoms with Gasteiger partial charge in [-0.15, -0.1) is 0 Å². The average Bonchev–Trinajstić information content (AvgIpc) is 3.18. The predicted octanol–water partition coefficient (Wildman–Crippen LogP) is 12.1. The largest absolute Gasteiger partial charge is 0.786 e. The monoisotopic (exact) mass is 788 g/mol. The molecular formula is C44H60NNiS4-3. The van der Waals surface area contributed by atoms with Gasteiger partial charge in [-0.1, -0.05) is 197 Å². The van der Waals surface area contributed by atoms with E-state index in [-0.39, 0.29) is 37.5 Å². The van der Waals surface area contributed by atoms with E-state index in [9.17, 15) is 0 Å². The van der Waals surface area contributed by atoms with Crippen molar-refractivity contribution in [2.75, 3.05) is 26.2 Å². The van der Waals surface area contributed by atoms with Gasteiger partial charge in [0.05, 0.1) is 26.2 Å². The maximum absolute atomic E-state index is 5.50. The van der Waals surface area contributed by atoms with E-state index in [1.807, 2.05) is 121 Å². The zero-order chi connectivity index (χ0) is 35.7. The first-order valence-electron chi connectivity index (χ1n) is 18.5. The smallest absolute Gasteiger partial charge is 0.0786 e. The summed E-state index contributed by atoms with van der Waals surface area (Å²) in [5.41, 5.74) is 4.51. The molecule has 0 aromatic heterocycles. The number of unbranched alkanes of at least 4 members (excludes halogenated alkanes) is 4. The Morgan fingerprint density at radius 1 is 0.360 bits per heavy atom. The van der Waals surface area contributed by atoms with Crippen LogP contribution < -0.4 is 0 Å². The normalized spacial score (nSPS) is 13.3. The Morgan fingerprint density at radius 2 is 0.540 bits per heavy atom. The molecule has 4 unspecified atom stereocenters. The zero-order valence-electron chi connectivity index (χ0n) is 30.7. The topological polar surface area (TPSA) is 0 Å². The molecule has 0 saturated carbocycles. The zero-order valence-corrected chi connectivity index (χ0v) is 35.0. The first kappa shape index (κ1) is 46.8. The molecule has 4 atom stereocenters. The molecule has 0 heterocycles. The Hall–Kier alpha value is -1.27. The van der Waals surface area contributed by atoms with Gasteiger partial charge in [0, 0.05) is 16.5 Å². The van der Waals surface area contributed by atoms with E-state index < -0.39 is 0 Å². The van der Waals surface area contributed by atoms with Gasteiger partial charge >= 0.3 is 0 Å². The quantitative estimate of drug-likeness (QED) is 0.0559. The fourth-order valence-corrected chi connectivity index (χ4v) is 7.17. The van der Waals surface area contributed by atoms with Gasteiger partial charge in [-0.25, -0.2) is 0 Å².